The van der Waals surface area contributed by atoms with E-state index in [1.54, 1.807) is 18.3 Å². The number of hydrogen-bond acceptors (Lipinski definition) is 8. The molecule has 37 heavy (non-hydrogen) atoms. The molecular formula is C24H25F3N6O3S. The van der Waals surface area contributed by atoms with Gasteiger partial charge in [0.15, 0.2) is 0 Å². The molecule has 2 aromatic heterocycles. The summed E-state index contributed by atoms with van der Waals surface area (Å²) >= 11 is 1.32. The van der Waals surface area contributed by atoms with Crippen LogP contribution in [0.5, 0.6) is 0 Å². The quantitative estimate of drug-likeness (QED) is 0.364. The van der Waals surface area contributed by atoms with Gasteiger partial charge in [-0.05, 0) is 61.9 Å². The van der Waals surface area contributed by atoms with Crippen molar-refractivity contribution in [2.24, 2.45) is 5.73 Å². The molecule has 0 saturated heterocycles. The summed E-state index contributed by atoms with van der Waals surface area (Å²) in [7, 11) is 0. The molecule has 0 aliphatic heterocycles. The van der Waals surface area contributed by atoms with Crippen LogP contribution in [0.25, 0.3) is 10.4 Å². The molecule has 0 radical (unpaired) electrons. The highest BCUT2D eigenvalue weighted by molar-refractivity contribution is 7.15. The van der Waals surface area contributed by atoms with Gasteiger partial charge in [0, 0.05) is 24.1 Å². The minimum absolute atomic E-state index is 0.157. The number of hydrogen-bond donors (Lipinski definition) is 4. The Morgan fingerprint density at radius 2 is 1.95 bits per heavy atom. The number of amides is 2. The van der Waals surface area contributed by atoms with Crippen LogP contribution in [0.2, 0.25) is 0 Å². The summed E-state index contributed by atoms with van der Waals surface area (Å²) in [6.45, 7) is 1.25. The van der Waals surface area contributed by atoms with Crippen molar-refractivity contribution < 1.29 is 27.9 Å². The first kappa shape index (κ1) is 26.5. The van der Waals surface area contributed by atoms with Gasteiger partial charge in [0.1, 0.15) is 22.7 Å². The first-order valence-corrected chi connectivity index (χ1v) is 12.3. The van der Waals surface area contributed by atoms with E-state index >= 15 is 0 Å². The van der Waals surface area contributed by atoms with Crippen LogP contribution in [-0.2, 0) is 21.2 Å². The number of primary amides is 1. The maximum Gasteiger partial charge on any atom is 0.433 e. The maximum absolute atomic E-state index is 13.0. The second kappa shape index (κ2) is 10.4. The lowest BCUT2D eigenvalue weighted by Gasteiger charge is -2.36. The van der Waals surface area contributed by atoms with Gasteiger partial charge in [-0.2, -0.15) is 13.2 Å². The van der Waals surface area contributed by atoms with Gasteiger partial charge in [0.25, 0.3) is 0 Å². The van der Waals surface area contributed by atoms with E-state index in [2.05, 4.69) is 25.6 Å². The third-order valence-corrected chi connectivity index (χ3v) is 7.55. The summed E-state index contributed by atoms with van der Waals surface area (Å²) in [6.07, 6.45) is -0.0755. The molecule has 2 amide bonds. The summed E-state index contributed by atoms with van der Waals surface area (Å²) in [5.74, 6) is -1.14. The second-order valence-electron chi connectivity index (χ2n) is 8.95. The third-order valence-electron chi connectivity index (χ3n) is 6.30. The lowest BCUT2D eigenvalue weighted by molar-refractivity contribution is -0.141. The minimum atomic E-state index is -4.59. The van der Waals surface area contributed by atoms with Gasteiger partial charge in [0.2, 0.25) is 17.8 Å². The van der Waals surface area contributed by atoms with E-state index in [1.165, 1.54) is 11.3 Å². The number of aliphatic hydroxyl groups excluding tert-OH is 1. The number of aromatic nitrogens is 3. The number of nitrogens with zero attached hydrogens (tertiary/aromatic N) is 3. The van der Waals surface area contributed by atoms with Crippen molar-refractivity contribution in [1.82, 2.24) is 20.3 Å². The Bertz CT molecular complexity index is 1300. The van der Waals surface area contributed by atoms with E-state index in [4.69, 9.17) is 10.8 Å². The minimum Gasteiger partial charge on any atom is -0.387 e. The highest BCUT2D eigenvalue weighted by Crippen LogP contribution is 2.43. The largest absolute Gasteiger partial charge is 0.433 e. The normalized spacial score (nSPS) is 19.9. The predicted octanol–water partition coefficient (Wildman–Crippen LogP) is 3.45. The van der Waals surface area contributed by atoms with Crippen LogP contribution in [0.3, 0.4) is 0 Å². The van der Waals surface area contributed by atoms with E-state index in [9.17, 15) is 22.8 Å². The fourth-order valence-electron chi connectivity index (χ4n) is 4.43. The van der Waals surface area contributed by atoms with Crippen molar-refractivity contribution in [3.63, 3.8) is 0 Å². The lowest BCUT2D eigenvalue weighted by Crippen LogP contribution is -2.48. The monoisotopic (exact) mass is 534 g/mol. The maximum atomic E-state index is 13.0. The average Bonchev–Trinajstić information content (AvgIpc) is 3.34. The molecular weight excluding hydrogens is 509 g/mol. The molecule has 3 aromatic rings. The zero-order chi connectivity index (χ0) is 26.8. The Kier molecular flexibility index (Phi) is 7.46. The average molecular weight is 535 g/mol. The zero-order valence-electron chi connectivity index (χ0n) is 19.8. The molecule has 196 valence electrons. The van der Waals surface area contributed by atoms with Gasteiger partial charge in [-0.3, -0.25) is 9.59 Å². The van der Waals surface area contributed by atoms with E-state index in [-0.39, 0.29) is 12.0 Å². The predicted molar refractivity (Wildman–Crippen MR) is 131 cm³/mol. The molecule has 2 heterocycles. The number of rotatable bonds is 7. The standard InChI is InChI=1S/C24H25F3N6O3S/c1-13-8-14(10-16(9-13)32-22-29-7-4-18(33-22)24(25,26)27)17-11-30-21(37-17)23(20(28)36)5-2-15(3-6-23)31-19(35)12-34/h4,7-11,15,34H,2-3,5-6,12H2,1H3,(H2,28,36)(H,31,35)(H,29,32,33). The van der Waals surface area contributed by atoms with E-state index in [1.807, 2.05) is 13.0 Å². The summed E-state index contributed by atoms with van der Waals surface area (Å²) in [4.78, 5) is 36.8. The molecule has 5 N–H and O–H groups in total. The van der Waals surface area contributed by atoms with E-state index < -0.39 is 35.7 Å². The van der Waals surface area contributed by atoms with Gasteiger partial charge >= 0.3 is 6.18 Å². The first-order chi connectivity index (χ1) is 17.5. The third kappa shape index (κ3) is 5.88. The fraction of sp³-hybridized carbons (Fsp3) is 0.375. The number of aryl methyl sites for hydroxylation is 1. The second-order valence-corrected chi connectivity index (χ2v) is 9.98. The molecule has 0 spiro atoms. The van der Waals surface area contributed by atoms with Crippen LogP contribution in [0.4, 0.5) is 24.8 Å². The van der Waals surface area contributed by atoms with Gasteiger partial charge < -0.3 is 21.5 Å². The highest BCUT2D eigenvalue weighted by Gasteiger charge is 2.44. The zero-order valence-corrected chi connectivity index (χ0v) is 20.6. The molecule has 1 aliphatic carbocycles. The molecule has 0 unspecified atom stereocenters. The fourth-order valence-corrected chi connectivity index (χ4v) is 5.58. The lowest BCUT2D eigenvalue weighted by atomic mass is 9.72. The Labute approximate surface area is 214 Å². The molecule has 0 atom stereocenters. The first-order valence-electron chi connectivity index (χ1n) is 11.5. The molecule has 0 bridgehead atoms. The van der Waals surface area contributed by atoms with Gasteiger partial charge in [0.05, 0.1) is 4.88 Å². The van der Waals surface area contributed by atoms with Gasteiger partial charge in [-0.15, -0.1) is 11.3 Å². The number of alkyl halides is 3. The van der Waals surface area contributed by atoms with Crippen molar-refractivity contribution in [2.75, 3.05) is 11.9 Å². The highest BCUT2D eigenvalue weighted by atomic mass is 32.1. The summed E-state index contributed by atoms with van der Waals surface area (Å²) in [6, 6.07) is 6.03. The SMILES string of the molecule is Cc1cc(Nc2nccc(C(F)(F)F)n2)cc(-c2cnc(C3(C(N)=O)CCC(NC(=O)CO)CC3)s2)c1. The van der Waals surface area contributed by atoms with Crippen molar-refractivity contribution in [2.45, 2.75) is 50.2 Å². The number of thiazole rings is 1. The number of halogens is 3. The van der Waals surface area contributed by atoms with Crippen LogP contribution in [0, 0.1) is 6.92 Å². The van der Waals surface area contributed by atoms with Crippen LogP contribution in [-0.4, -0.2) is 44.5 Å². The number of anilines is 2. The van der Waals surface area contributed by atoms with Crippen molar-refractivity contribution in [3.8, 4) is 10.4 Å². The van der Waals surface area contributed by atoms with Gasteiger partial charge in [-0.25, -0.2) is 15.0 Å². The number of benzene rings is 1. The molecule has 1 aromatic carbocycles. The van der Waals surface area contributed by atoms with Crippen LogP contribution >= 0.6 is 11.3 Å². The Balaban J connectivity index is 1.57. The number of nitrogens with two attached hydrogens (primary N) is 1. The molecule has 4 rings (SSSR count). The Morgan fingerprint density at radius 1 is 1.22 bits per heavy atom. The number of nitrogens with one attached hydrogen (secondary N) is 2. The van der Waals surface area contributed by atoms with Crippen LogP contribution in [0.1, 0.15) is 41.9 Å². The van der Waals surface area contributed by atoms with Crippen molar-refractivity contribution in [3.05, 3.63) is 52.9 Å². The summed E-state index contributed by atoms with van der Waals surface area (Å²) in [5, 5.41) is 15.1. The van der Waals surface area contributed by atoms with Gasteiger partial charge in [-0.1, -0.05) is 6.07 Å². The molecule has 13 heteroatoms. The van der Waals surface area contributed by atoms with E-state index in [0.717, 1.165) is 28.3 Å². The topological polar surface area (TPSA) is 143 Å². The number of aliphatic hydroxyl groups is 1. The molecule has 1 saturated carbocycles. The van der Waals surface area contributed by atoms with E-state index in [0.29, 0.717) is 36.4 Å². The number of carbonyl (C=O) groups excluding carboxylic acids is 2. The summed E-state index contributed by atoms with van der Waals surface area (Å²) < 4.78 is 39.0. The Morgan fingerprint density at radius 3 is 2.59 bits per heavy atom. The van der Waals surface area contributed by atoms with Crippen LogP contribution in [0.15, 0.2) is 36.7 Å². The summed E-state index contributed by atoms with van der Waals surface area (Å²) in [5.41, 5.74) is 5.89. The van der Waals surface area contributed by atoms with Crippen LogP contribution < -0.4 is 16.4 Å². The number of carbonyl (C=O) groups is 2. The molecule has 1 fully saturated rings. The Hall–Kier alpha value is -3.58. The van der Waals surface area contributed by atoms with Crippen molar-refractivity contribution in [1.29, 1.82) is 0 Å². The molecule has 1 aliphatic rings. The smallest absolute Gasteiger partial charge is 0.387 e. The van der Waals surface area contributed by atoms with Crippen molar-refractivity contribution >= 4 is 34.8 Å². The molecule has 9 nitrogen and oxygen atoms in total.